The highest BCUT2D eigenvalue weighted by molar-refractivity contribution is 5.78. The maximum absolute atomic E-state index is 12.1. The summed E-state index contributed by atoms with van der Waals surface area (Å²) < 4.78 is 7.56. The fourth-order valence-electron chi connectivity index (χ4n) is 3.18. The van der Waals surface area contributed by atoms with E-state index in [4.69, 9.17) is 10.5 Å². The number of aryl methyl sites for hydroxylation is 1. The number of hydrogen-bond acceptors (Lipinski definition) is 5. The van der Waals surface area contributed by atoms with Crippen molar-refractivity contribution in [3.8, 4) is 0 Å². The van der Waals surface area contributed by atoms with Gasteiger partial charge in [0.2, 0.25) is 0 Å². The van der Waals surface area contributed by atoms with Crippen LogP contribution in [0.2, 0.25) is 0 Å². The van der Waals surface area contributed by atoms with Crippen LogP contribution in [-0.2, 0) is 24.2 Å². The number of nitrogens with zero attached hydrogens (tertiary/aromatic N) is 6. The van der Waals surface area contributed by atoms with Crippen LogP contribution in [0.15, 0.2) is 4.99 Å². The lowest BCUT2D eigenvalue weighted by molar-refractivity contribution is 0.0186. The maximum atomic E-state index is 12.1. The number of fused-ring (bicyclic) bond motifs is 1. The molecule has 0 saturated carbocycles. The van der Waals surface area contributed by atoms with Crippen LogP contribution in [0.5, 0.6) is 0 Å². The Hall–Kier alpha value is -2.32. The number of guanidine groups is 1. The summed E-state index contributed by atoms with van der Waals surface area (Å²) in [4.78, 5) is 20.3. The van der Waals surface area contributed by atoms with Crippen molar-refractivity contribution in [3.63, 3.8) is 0 Å². The summed E-state index contributed by atoms with van der Waals surface area (Å²) in [6.45, 7) is 9.45. The van der Waals surface area contributed by atoms with Crippen LogP contribution in [0.1, 0.15) is 45.3 Å². The summed E-state index contributed by atoms with van der Waals surface area (Å²) in [5.41, 5.74) is 5.67. The molecule has 0 atom stereocenters. The van der Waals surface area contributed by atoms with Crippen molar-refractivity contribution in [1.82, 2.24) is 24.6 Å². The van der Waals surface area contributed by atoms with Gasteiger partial charge in [-0.2, -0.15) is 0 Å². The van der Waals surface area contributed by atoms with Crippen LogP contribution < -0.4 is 5.73 Å². The second-order valence-electron chi connectivity index (χ2n) is 7.77. The Morgan fingerprint density at radius 1 is 1.12 bits per heavy atom. The highest BCUT2D eigenvalue weighted by Gasteiger charge is 2.26. The molecule has 1 aromatic rings. The zero-order valence-corrected chi connectivity index (χ0v) is 15.9. The van der Waals surface area contributed by atoms with Gasteiger partial charge in [0.25, 0.3) is 0 Å². The Kier molecular flexibility index (Phi) is 5.33. The summed E-state index contributed by atoms with van der Waals surface area (Å²) in [5, 5.41) is 8.48. The fraction of sp³-hybridized carbons (Fsp3) is 0.765. The van der Waals surface area contributed by atoms with Crippen molar-refractivity contribution >= 4 is 12.1 Å². The summed E-state index contributed by atoms with van der Waals surface area (Å²) in [5.74, 6) is 2.41. The molecule has 9 nitrogen and oxygen atoms in total. The third kappa shape index (κ3) is 4.44. The molecule has 2 aliphatic heterocycles. The Balaban J connectivity index is 1.52. The molecule has 2 N–H and O–H groups in total. The highest BCUT2D eigenvalue weighted by Crippen LogP contribution is 2.15. The predicted molar refractivity (Wildman–Crippen MR) is 97.7 cm³/mol. The predicted octanol–water partition coefficient (Wildman–Crippen LogP) is 0.982. The van der Waals surface area contributed by atoms with E-state index in [-0.39, 0.29) is 6.09 Å². The molecule has 2 aliphatic rings. The zero-order valence-electron chi connectivity index (χ0n) is 15.9. The number of aromatic nitrogens is 3. The summed E-state index contributed by atoms with van der Waals surface area (Å²) in [6, 6.07) is 0. The molecule has 9 heteroatoms. The lowest BCUT2D eigenvalue weighted by Crippen LogP contribution is -2.53. The van der Waals surface area contributed by atoms with Crippen LogP contribution in [0, 0.1) is 0 Å². The van der Waals surface area contributed by atoms with E-state index in [0.29, 0.717) is 38.7 Å². The number of piperazine rings is 1. The maximum Gasteiger partial charge on any atom is 0.410 e. The Labute approximate surface area is 154 Å². The van der Waals surface area contributed by atoms with Gasteiger partial charge in [-0.25, -0.2) is 9.79 Å². The zero-order chi connectivity index (χ0) is 18.7. The van der Waals surface area contributed by atoms with E-state index in [1.165, 1.54) is 6.42 Å². The molecule has 1 amide bonds. The van der Waals surface area contributed by atoms with Crippen LogP contribution in [-0.4, -0.2) is 68.4 Å². The van der Waals surface area contributed by atoms with Gasteiger partial charge in [0.05, 0.1) is 0 Å². The molecule has 3 heterocycles. The number of nitrogens with two attached hydrogens (primary N) is 1. The molecule has 0 aromatic carbocycles. The molecular weight excluding hydrogens is 334 g/mol. The SMILES string of the molecule is CC(C)(C)OC(=O)N1CCN(C(N)=NCc2nnc3n2CCCC3)CC1. The van der Waals surface area contributed by atoms with E-state index in [0.717, 1.165) is 31.0 Å². The first-order valence-corrected chi connectivity index (χ1v) is 9.27. The first-order valence-electron chi connectivity index (χ1n) is 9.27. The molecule has 26 heavy (non-hydrogen) atoms. The first-order chi connectivity index (χ1) is 12.3. The number of carbonyl (C=O) groups is 1. The van der Waals surface area contributed by atoms with Gasteiger partial charge in [0, 0.05) is 39.1 Å². The topological polar surface area (TPSA) is 102 Å². The van der Waals surface area contributed by atoms with Crippen LogP contribution in [0.4, 0.5) is 4.79 Å². The van der Waals surface area contributed by atoms with E-state index in [9.17, 15) is 4.79 Å². The second-order valence-corrected chi connectivity index (χ2v) is 7.77. The Bertz CT molecular complexity index is 669. The number of aliphatic imine (C=N–C) groups is 1. The minimum Gasteiger partial charge on any atom is -0.444 e. The standard InChI is InChI=1S/C17H29N7O2/c1-17(2,3)26-16(25)23-10-8-22(9-11-23)15(18)19-12-14-21-20-13-6-4-5-7-24(13)14/h4-12H2,1-3H3,(H2,18,19). The lowest BCUT2D eigenvalue weighted by atomic mass is 10.2. The van der Waals surface area contributed by atoms with E-state index in [1.807, 2.05) is 25.7 Å². The van der Waals surface area contributed by atoms with Gasteiger partial charge in [-0.3, -0.25) is 0 Å². The largest absolute Gasteiger partial charge is 0.444 e. The van der Waals surface area contributed by atoms with Crippen LogP contribution in [0.3, 0.4) is 0 Å². The molecule has 1 saturated heterocycles. The molecule has 144 valence electrons. The monoisotopic (exact) mass is 363 g/mol. The third-order valence-corrected chi connectivity index (χ3v) is 4.57. The normalized spacial score (nSPS) is 18.7. The third-order valence-electron chi connectivity index (χ3n) is 4.57. The Morgan fingerprint density at radius 2 is 1.81 bits per heavy atom. The van der Waals surface area contributed by atoms with E-state index in [1.54, 1.807) is 4.90 Å². The minimum atomic E-state index is -0.480. The number of carbonyl (C=O) groups excluding carboxylic acids is 1. The van der Waals surface area contributed by atoms with Crippen LogP contribution in [0.25, 0.3) is 0 Å². The quantitative estimate of drug-likeness (QED) is 0.621. The van der Waals surface area contributed by atoms with Gasteiger partial charge in [0.15, 0.2) is 11.8 Å². The first kappa shape index (κ1) is 18.5. The van der Waals surface area contributed by atoms with Crippen molar-refractivity contribution in [2.24, 2.45) is 10.7 Å². The number of amides is 1. The van der Waals surface area contributed by atoms with Crippen molar-refractivity contribution in [3.05, 3.63) is 11.6 Å². The van der Waals surface area contributed by atoms with Crippen molar-refractivity contribution in [2.45, 2.75) is 58.7 Å². The average molecular weight is 363 g/mol. The molecule has 1 aromatic heterocycles. The molecular formula is C17H29N7O2. The van der Waals surface area contributed by atoms with Crippen molar-refractivity contribution in [2.75, 3.05) is 26.2 Å². The fourth-order valence-corrected chi connectivity index (χ4v) is 3.18. The molecule has 0 unspecified atom stereocenters. The van der Waals surface area contributed by atoms with Crippen LogP contribution >= 0.6 is 0 Å². The van der Waals surface area contributed by atoms with Gasteiger partial charge in [0.1, 0.15) is 18.0 Å². The van der Waals surface area contributed by atoms with Gasteiger partial charge in [-0.15, -0.1) is 10.2 Å². The molecule has 1 fully saturated rings. The summed E-state index contributed by atoms with van der Waals surface area (Å²) in [6.07, 6.45) is 3.04. The minimum absolute atomic E-state index is 0.275. The highest BCUT2D eigenvalue weighted by atomic mass is 16.6. The van der Waals surface area contributed by atoms with Crippen molar-refractivity contribution in [1.29, 1.82) is 0 Å². The Morgan fingerprint density at radius 3 is 2.50 bits per heavy atom. The number of rotatable bonds is 2. The van der Waals surface area contributed by atoms with Gasteiger partial charge >= 0.3 is 6.09 Å². The summed E-state index contributed by atoms with van der Waals surface area (Å²) in [7, 11) is 0. The molecule has 3 rings (SSSR count). The van der Waals surface area contributed by atoms with Gasteiger partial charge < -0.3 is 24.8 Å². The van der Waals surface area contributed by atoms with E-state index in [2.05, 4.69) is 19.8 Å². The van der Waals surface area contributed by atoms with Crippen molar-refractivity contribution < 1.29 is 9.53 Å². The average Bonchev–Trinajstić information content (AvgIpc) is 3.01. The molecule has 0 spiro atoms. The molecule has 0 bridgehead atoms. The summed E-state index contributed by atoms with van der Waals surface area (Å²) >= 11 is 0. The van der Waals surface area contributed by atoms with Gasteiger partial charge in [-0.05, 0) is 33.6 Å². The molecule has 0 aliphatic carbocycles. The lowest BCUT2D eigenvalue weighted by Gasteiger charge is -2.36. The van der Waals surface area contributed by atoms with E-state index >= 15 is 0 Å². The smallest absolute Gasteiger partial charge is 0.410 e. The van der Waals surface area contributed by atoms with E-state index < -0.39 is 5.60 Å². The number of ether oxygens (including phenoxy) is 1. The second kappa shape index (κ2) is 7.51. The van der Waals surface area contributed by atoms with Gasteiger partial charge in [-0.1, -0.05) is 0 Å². The number of hydrogen-bond donors (Lipinski definition) is 1. The molecule has 0 radical (unpaired) electrons.